The lowest BCUT2D eigenvalue weighted by Crippen LogP contribution is -2.48. The Morgan fingerprint density at radius 3 is 2.62 bits per heavy atom. The maximum absolute atomic E-state index is 12.4. The Labute approximate surface area is 143 Å². The first-order valence-electron chi connectivity index (χ1n) is 8.99. The molecule has 0 aromatic heterocycles. The van der Waals surface area contributed by atoms with Gasteiger partial charge in [-0.25, -0.2) is 0 Å². The number of nitrogens with zero attached hydrogens (tertiary/aromatic N) is 1. The van der Waals surface area contributed by atoms with Crippen LogP contribution in [0.1, 0.15) is 45.4 Å². The van der Waals surface area contributed by atoms with Crippen LogP contribution in [-0.2, 0) is 14.4 Å². The normalized spacial score (nSPS) is 23.5. The zero-order valence-corrected chi connectivity index (χ0v) is 14.4. The molecule has 0 spiro atoms. The van der Waals surface area contributed by atoms with Crippen molar-refractivity contribution in [2.45, 2.75) is 51.5 Å². The molecule has 0 aromatic rings. The molecule has 24 heavy (non-hydrogen) atoms. The minimum atomic E-state index is -1.05. The third-order valence-corrected chi connectivity index (χ3v) is 5.10. The number of carbonyl (C=O) groups is 3. The Morgan fingerprint density at radius 2 is 1.96 bits per heavy atom. The van der Waals surface area contributed by atoms with Gasteiger partial charge in [0.15, 0.2) is 0 Å². The number of hydrogen-bond donors (Lipinski definition) is 3. The molecule has 0 aliphatic carbocycles. The lowest BCUT2D eigenvalue weighted by molar-refractivity contribution is -0.143. The van der Waals surface area contributed by atoms with E-state index in [2.05, 4.69) is 10.6 Å². The molecule has 7 nitrogen and oxygen atoms in total. The van der Waals surface area contributed by atoms with Gasteiger partial charge < -0.3 is 20.6 Å². The molecule has 2 amide bonds. The zero-order valence-electron chi connectivity index (χ0n) is 14.4. The van der Waals surface area contributed by atoms with Gasteiger partial charge in [-0.2, -0.15) is 0 Å². The lowest BCUT2D eigenvalue weighted by Gasteiger charge is -2.33. The fourth-order valence-electron chi connectivity index (χ4n) is 3.47. The molecule has 2 aliphatic rings. The molecule has 2 atom stereocenters. The summed E-state index contributed by atoms with van der Waals surface area (Å²) in [5.74, 6) is -0.869. The highest BCUT2D eigenvalue weighted by Crippen LogP contribution is 2.21. The highest BCUT2D eigenvalue weighted by molar-refractivity contribution is 5.85. The average molecular weight is 339 g/mol. The summed E-state index contributed by atoms with van der Waals surface area (Å²) < 4.78 is 0. The van der Waals surface area contributed by atoms with Crippen LogP contribution in [-0.4, -0.2) is 60.0 Å². The zero-order chi connectivity index (χ0) is 17.5. The monoisotopic (exact) mass is 339 g/mol. The van der Waals surface area contributed by atoms with Crippen LogP contribution in [0.4, 0.5) is 0 Å². The highest BCUT2D eigenvalue weighted by Gasteiger charge is 2.30. The molecular formula is C17H29N3O4. The summed E-state index contributed by atoms with van der Waals surface area (Å²) in [6, 6.07) is -0.900. The summed E-state index contributed by atoms with van der Waals surface area (Å²) >= 11 is 0. The second-order valence-corrected chi connectivity index (χ2v) is 6.98. The number of nitrogens with one attached hydrogen (secondary N) is 2. The molecule has 2 heterocycles. The molecule has 0 bridgehead atoms. The molecule has 0 radical (unpaired) electrons. The fraction of sp³-hybridized carbons (Fsp3) is 0.824. The van der Waals surface area contributed by atoms with Crippen LogP contribution in [0.2, 0.25) is 0 Å². The smallest absolute Gasteiger partial charge is 0.325 e. The van der Waals surface area contributed by atoms with Gasteiger partial charge >= 0.3 is 5.97 Å². The van der Waals surface area contributed by atoms with E-state index in [0.29, 0.717) is 31.8 Å². The Kier molecular flexibility index (Phi) is 7.02. The second-order valence-electron chi connectivity index (χ2n) is 6.98. The predicted molar refractivity (Wildman–Crippen MR) is 89.4 cm³/mol. The van der Waals surface area contributed by atoms with Crippen molar-refractivity contribution in [3.63, 3.8) is 0 Å². The van der Waals surface area contributed by atoms with Crippen LogP contribution in [0.3, 0.4) is 0 Å². The largest absolute Gasteiger partial charge is 0.480 e. The minimum absolute atomic E-state index is 0.123. The maximum atomic E-state index is 12.4. The van der Waals surface area contributed by atoms with Crippen molar-refractivity contribution in [3.05, 3.63) is 0 Å². The van der Waals surface area contributed by atoms with E-state index in [9.17, 15) is 14.4 Å². The number of amides is 2. The SMILES string of the molecule is CC(NC(=O)C1CCCN(C(=O)CCC2CCNCC2)C1)C(=O)O. The Balaban J connectivity index is 1.77. The van der Waals surface area contributed by atoms with Crippen LogP contribution < -0.4 is 10.6 Å². The molecule has 2 fully saturated rings. The highest BCUT2D eigenvalue weighted by atomic mass is 16.4. The van der Waals surface area contributed by atoms with Crippen molar-refractivity contribution in [1.82, 2.24) is 15.5 Å². The number of carboxylic acids is 1. The summed E-state index contributed by atoms with van der Waals surface area (Å²) in [5, 5.41) is 14.7. The standard InChI is InChI=1S/C17H29N3O4/c1-12(17(23)24)19-16(22)14-3-2-10-20(11-14)15(21)5-4-13-6-8-18-9-7-13/h12-14,18H,2-11H2,1H3,(H,19,22)(H,23,24). The topological polar surface area (TPSA) is 98.7 Å². The van der Waals surface area contributed by atoms with Crippen molar-refractivity contribution in [2.75, 3.05) is 26.2 Å². The molecule has 0 saturated carbocycles. The van der Waals surface area contributed by atoms with Gasteiger partial charge in [-0.15, -0.1) is 0 Å². The van der Waals surface area contributed by atoms with Gasteiger partial charge in [-0.3, -0.25) is 14.4 Å². The van der Waals surface area contributed by atoms with Crippen LogP contribution in [0.15, 0.2) is 0 Å². The Morgan fingerprint density at radius 1 is 1.25 bits per heavy atom. The molecule has 3 N–H and O–H groups in total. The number of piperidine rings is 2. The van der Waals surface area contributed by atoms with Gasteiger partial charge in [0.1, 0.15) is 6.04 Å². The van der Waals surface area contributed by atoms with Crippen molar-refractivity contribution in [2.24, 2.45) is 11.8 Å². The molecular weight excluding hydrogens is 310 g/mol. The molecule has 2 rings (SSSR count). The Bertz CT molecular complexity index is 463. The quantitative estimate of drug-likeness (QED) is 0.658. The van der Waals surface area contributed by atoms with E-state index in [1.807, 2.05) is 0 Å². The molecule has 2 aliphatic heterocycles. The van der Waals surface area contributed by atoms with E-state index in [1.54, 1.807) is 4.90 Å². The van der Waals surface area contributed by atoms with Crippen LogP contribution in [0.5, 0.6) is 0 Å². The van der Waals surface area contributed by atoms with Crippen LogP contribution in [0.25, 0.3) is 0 Å². The number of rotatable bonds is 6. The predicted octanol–water partition coefficient (Wildman–Crippen LogP) is 0.594. The number of carbonyl (C=O) groups excluding carboxylic acids is 2. The van der Waals surface area contributed by atoms with Crippen LogP contribution in [0, 0.1) is 11.8 Å². The number of aliphatic carboxylic acids is 1. The third-order valence-electron chi connectivity index (χ3n) is 5.10. The van der Waals surface area contributed by atoms with Gasteiger partial charge in [0.2, 0.25) is 11.8 Å². The van der Waals surface area contributed by atoms with Gasteiger partial charge in [0, 0.05) is 19.5 Å². The third kappa shape index (κ3) is 5.47. The molecule has 0 aromatic carbocycles. The van der Waals surface area contributed by atoms with E-state index >= 15 is 0 Å². The van der Waals surface area contributed by atoms with Gasteiger partial charge in [-0.05, 0) is 58.0 Å². The Hall–Kier alpha value is -1.63. The van der Waals surface area contributed by atoms with E-state index in [4.69, 9.17) is 5.11 Å². The first kappa shape index (κ1) is 18.7. The molecule has 7 heteroatoms. The van der Waals surface area contributed by atoms with E-state index < -0.39 is 12.0 Å². The molecule has 2 saturated heterocycles. The van der Waals surface area contributed by atoms with Crippen LogP contribution >= 0.6 is 0 Å². The number of likely N-dealkylation sites (tertiary alicyclic amines) is 1. The summed E-state index contributed by atoms with van der Waals surface area (Å²) in [4.78, 5) is 37.2. The van der Waals surface area contributed by atoms with Crippen molar-refractivity contribution >= 4 is 17.8 Å². The maximum Gasteiger partial charge on any atom is 0.325 e. The second kappa shape index (κ2) is 9.01. The van der Waals surface area contributed by atoms with Crippen molar-refractivity contribution < 1.29 is 19.5 Å². The first-order valence-corrected chi connectivity index (χ1v) is 8.99. The number of carboxylic acid groups (broad SMARTS) is 1. The van der Waals surface area contributed by atoms with Crippen molar-refractivity contribution in [3.8, 4) is 0 Å². The van der Waals surface area contributed by atoms with Crippen molar-refractivity contribution in [1.29, 1.82) is 0 Å². The summed E-state index contributed by atoms with van der Waals surface area (Å²) in [7, 11) is 0. The van der Waals surface area contributed by atoms with E-state index in [0.717, 1.165) is 38.8 Å². The molecule has 136 valence electrons. The summed E-state index contributed by atoms with van der Waals surface area (Å²) in [6.07, 6.45) is 5.22. The number of hydrogen-bond acceptors (Lipinski definition) is 4. The first-order chi connectivity index (χ1) is 11.5. The average Bonchev–Trinajstić information content (AvgIpc) is 2.60. The summed E-state index contributed by atoms with van der Waals surface area (Å²) in [6.45, 7) is 4.62. The minimum Gasteiger partial charge on any atom is -0.480 e. The van der Waals surface area contributed by atoms with E-state index in [1.165, 1.54) is 6.92 Å². The lowest BCUT2D eigenvalue weighted by atomic mass is 9.92. The van der Waals surface area contributed by atoms with Gasteiger partial charge in [-0.1, -0.05) is 0 Å². The van der Waals surface area contributed by atoms with Gasteiger partial charge in [0.05, 0.1) is 5.92 Å². The molecule has 2 unspecified atom stereocenters. The van der Waals surface area contributed by atoms with Gasteiger partial charge in [0.25, 0.3) is 0 Å². The fourth-order valence-corrected chi connectivity index (χ4v) is 3.47. The van der Waals surface area contributed by atoms with E-state index in [-0.39, 0.29) is 17.7 Å². The summed E-state index contributed by atoms with van der Waals surface area (Å²) in [5.41, 5.74) is 0.